The van der Waals surface area contributed by atoms with Crippen molar-refractivity contribution < 1.29 is 9.47 Å². The molecule has 0 N–H and O–H groups in total. The van der Waals surface area contributed by atoms with Gasteiger partial charge in [0.15, 0.2) is 11.5 Å². The van der Waals surface area contributed by atoms with Gasteiger partial charge in [0.05, 0.1) is 23.8 Å². The Hall–Kier alpha value is -2.64. The number of rotatable bonds is 6. The Labute approximate surface area is 184 Å². The minimum Gasteiger partial charge on any atom is -0.493 e. The molecule has 0 heterocycles. The summed E-state index contributed by atoms with van der Waals surface area (Å²) >= 11 is 18.3. The summed E-state index contributed by atoms with van der Waals surface area (Å²) in [6.07, 6.45) is 1.73. The molecule has 0 saturated heterocycles. The fourth-order valence-electron chi connectivity index (χ4n) is 2.71. The zero-order chi connectivity index (χ0) is 20.8. The number of hydrogen-bond donors (Lipinski definition) is 0. The predicted octanol–water partition coefficient (Wildman–Crippen LogP) is 7.30. The number of allylic oxidation sites excluding steroid dienone is 1. The third-order valence-corrected chi connectivity index (χ3v) is 5.10. The van der Waals surface area contributed by atoms with Crippen LogP contribution in [0.5, 0.6) is 11.5 Å². The average molecular weight is 445 g/mol. The number of benzene rings is 3. The molecule has 0 atom stereocenters. The second kappa shape index (κ2) is 9.71. The van der Waals surface area contributed by atoms with Gasteiger partial charge in [-0.2, -0.15) is 5.26 Å². The van der Waals surface area contributed by atoms with Crippen LogP contribution in [0, 0.1) is 11.3 Å². The summed E-state index contributed by atoms with van der Waals surface area (Å²) in [7, 11) is 1.56. The molecule has 0 aliphatic heterocycles. The van der Waals surface area contributed by atoms with E-state index in [1.165, 1.54) is 0 Å². The van der Waals surface area contributed by atoms with E-state index in [-0.39, 0.29) is 0 Å². The fraction of sp³-hybridized carbons (Fsp3) is 0.0870. The second-order valence-corrected chi connectivity index (χ2v) is 7.34. The molecule has 0 saturated carbocycles. The number of nitriles is 1. The Morgan fingerprint density at radius 3 is 2.45 bits per heavy atom. The molecular weight excluding hydrogens is 429 g/mol. The van der Waals surface area contributed by atoms with Gasteiger partial charge in [0.2, 0.25) is 0 Å². The van der Waals surface area contributed by atoms with E-state index in [1.54, 1.807) is 43.5 Å². The molecule has 6 heteroatoms. The summed E-state index contributed by atoms with van der Waals surface area (Å²) in [6.45, 7) is 0.315. The van der Waals surface area contributed by atoms with Crippen molar-refractivity contribution in [1.82, 2.24) is 0 Å². The van der Waals surface area contributed by atoms with Crippen LogP contribution in [0.25, 0.3) is 11.6 Å². The number of hydrogen-bond acceptors (Lipinski definition) is 3. The van der Waals surface area contributed by atoms with Gasteiger partial charge in [-0.05, 0) is 42.0 Å². The summed E-state index contributed by atoms with van der Waals surface area (Å²) < 4.78 is 11.3. The summed E-state index contributed by atoms with van der Waals surface area (Å²) in [6, 6.07) is 20.1. The van der Waals surface area contributed by atoms with E-state index in [1.807, 2.05) is 30.3 Å². The van der Waals surface area contributed by atoms with E-state index < -0.39 is 0 Å². The molecule has 0 spiro atoms. The molecule has 0 aromatic heterocycles. The Bertz CT molecular complexity index is 1100. The highest BCUT2D eigenvalue weighted by atomic mass is 35.5. The molecule has 0 unspecified atom stereocenters. The quantitative estimate of drug-likeness (QED) is 0.296. The molecule has 146 valence electrons. The van der Waals surface area contributed by atoms with Crippen LogP contribution < -0.4 is 9.47 Å². The predicted molar refractivity (Wildman–Crippen MR) is 119 cm³/mol. The van der Waals surface area contributed by atoms with Crippen molar-refractivity contribution in [2.75, 3.05) is 7.11 Å². The van der Waals surface area contributed by atoms with Crippen LogP contribution in [0.15, 0.2) is 60.7 Å². The minimum atomic E-state index is 0.315. The van der Waals surface area contributed by atoms with Crippen LogP contribution >= 0.6 is 34.8 Å². The number of nitrogens with zero attached hydrogens (tertiary/aromatic N) is 1. The summed E-state index contributed by atoms with van der Waals surface area (Å²) in [5.74, 6) is 1.12. The van der Waals surface area contributed by atoms with Crippen molar-refractivity contribution in [1.29, 1.82) is 5.26 Å². The molecular formula is C23H16Cl3NO2. The fourth-order valence-corrected chi connectivity index (χ4v) is 3.41. The van der Waals surface area contributed by atoms with Crippen molar-refractivity contribution in [2.24, 2.45) is 0 Å². The minimum absolute atomic E-state index is 0.315. The van der Waals surface area contributed by atoms with Crippen LogP contribution in [0.4, 0.5) is 0 Å². The van der Waals surface area contributed by atoms with Crippen LogP contribution in [0.3, 0.4) is 0 Å². The van der Waals surface area contributed by atoms with Crippen molar-refractivity contribution in [3.05, 3.63) is 92.4 Å². The largest absolute Gasteiger partial charge is 0.493 e. The lowest BCUT2D eigenvalue weighted by Gasteiger charge is -2.12. The monoisotopic (exact) mass is 443 g/mol. The lowest BCUT2D eigenvalue weighted by Crippen LogP contribution is -1.98. The first-order chi connectivity index (χ1) is 14.0. The van der Waals surface area contributed by atoms with Crippen LogP contribution in [-0.2, 0) is 6.61 Å². The van der Waals surface area contributed by atoms with Gasteiger partial charge in [0.25, 0.3) is 0 Å². The van der Waals surface area contributed by atoms with Gasteiger partial charge < -0.3 is 9.47 Å². The van der Waals surface area contributed by atoms with Gasteiger partial charge in [0, 0.05) is 21.2 Å². The van der Waals surface area contributed by atoms with Crippen LogP contribution in [-0.4, -0.2) is 7.11 Å². The summed E-state index contributed by atoms with van der Waals surface area (Å²) in [5.41, 5.74) is 2.67. The molecule has 3 nitrogen and oxygen atoms in total. The SMILES string of the molecule is COc1cc(/C=C(\C#N)c2ccc(Cl)cc2Cl)ccc1OCc1ccccc1Cl. The standard InChI is InChI=1S/C23H16Cl3NO2/c1-28-23-11-15(10-17(13-27)19-8-7-18(24)12-21(19)26)6-9-22(23)29-14-16-4-2-3-5-20(16)25/h2-12H,14H2,1H3/b17-10+. The van der Waals surface area contributed by atoms with Crippen molar-refractivity contribution in [3.8, 4) is 17.6 Å². The van der Waals surface area contributed by atoms with Crippen molar-refractivity contribution in [3.63, 3.8) is 0 Å². The van der Waals surface area contributed by atoms with Gasteiger partial charge in [-0.1, -0.05) is 65.1 Å². The van der Waals surface area contributed by atoms with E-state index in [4.69, 9.17) is 44.3 Å². The highest BCUT2D eigenvalue weighted by molar-refractivity contribution is 6.36. The first kappa shape index (κ1) is 21.1. The maximum absolute atomic E-state index is 9.57. The van der Waals surface area contributed by atoms with Gasteiger partial charge >= 0.3 is 0 Å². The maximum Gasteiger partial charge on any atom is 0.161 e. The lowest BCUT2D eigenvalue weighted by molar-refractivity contribution is 0.284. The molecule has 0 fully saturated rings. The normalized spacial score (nSPS) is 11.1. The summed E-state index contributed by atoms with van der Waals surface area (Å²) in [4.78, 5) is 0. The molecule has 3 aromatic carbocycles. The van der Waals surface area contributed by atoms with Gasteiger partial charge in [0.1, 0.15) is 6.61 Å². The van der Waals surface area contributed by atoms with E-state index in [0.29, 0.717) is 44.3 Å². The summed E-state index contributed by atoms with van der Waals surface area (Å²) in [5, 5.41) is 11.1. The Kier molecular flexibility index (Phi) is 7.06. The Morgan fingerprint density at radius 1 is 0.966 bits per heavy atom. The first-order valence-electron chi connectivity index (χ1n) is 8.63. The van der Waals surface area contributed by atoms with Crippen LogP contribution in [0.2, 0.25) is 15.1 Å². The molecule has 3 rings (SSSR count). The molecule has 0 aliphatic rings. The molecule has 0 aliphatic carbocycles. The Morgan fingerprint density at radius 2 is 1.76 bits per heavy atom. The molecule has 29 heavy (non-hydrogen) atoms. The zero-order valence-electron chi connectivity index (χ0n) is 15.5. The molecule has 0 radical (unpaired) electrons. The van der Waals surface area contributed by atoms with E-state index in [9.17, 15) is 5.26 Å². The van der Waals surface area contributed by atoms with Crippen LogP contribution in [0.1, 0.15) is 16.7 Å². The van der Waals surface area contributed by atoms with Crippen molar-refractivity contribution >= 4 is 46.5 Å². The van der Waals surface area contributed by atoms with Crippen molar-refractivity contribution in [2.45, 2.75) is 6.61 Å². The highest BCUT2D eigenvalue weighted by Crippen LogP contribution is 2.32. The van der Waals surface area contributed by atoms with E-state index >= 15 is 0 Å². The van der Waals surface area contributed by atoms with E-state index in [2.05, 4.69) is 6.07 Å². The number of halogens is 3. The smallest absolute Gasteiger partial charge is 0.161 e. The average Bonchev–Trinajstić information content (AvgIpc) is 2.72. The van der Waals surface area contributed by atoms with Gasteiger partial charge in [-0.3, -0.25) is 0 Å². The van der Waals surface area contributed by atoms with E-state index in [0.717, 1.165) is 11.1 Å². The maximum atomic E-state index is 9.57. The topological polar surface area (TPSA) is 42.2 Å². The highest BCUT2D eigenvalue weighted by Gasteiger charge is 2.10. The first-order valence-corrected chi connectivity index (χ1v) is 9.76. The lowest BCUT2D eigenvalue weighted by atomic mass is 10.0. The third kappa shape index (κ3) is 5.25. The molecule has 0 bridgehead atoms. The number of ether oxygens (including phenoxy) is 2. The second-order valence-electron chi connectivity index (χ2n) is 6.08. The third-order valence-electron chi connectivity index (χ3n) is 4.18. The molecule has 0 amide bonds. The Balaban J connectivity index is 1.86. The molecule has 3 aromatic rings. The van der Waals surface area contributed by atoms with Gasteiger partial charge in [-0.15, -0.1) is 0 Å². The number of methoxy groups -OCH3 is 1. The zero-order valence-corrected chi connectivity index (χ0v) is 17.7. The van der Waals surface area contributed by atoms with Gasteiger partial charge in [-0.25, -0.2) is 0 Å².